The maximum Gasteiger partial charge on any atom is 0.303 e. The van der Waals surface area contributed by atoms with Crippen LogP contribution in [0.1, 0.15) is 38.5 Å². The monoisotopic (exact) mass is 288 g/mol. The molecule has 1 fully saturated rings. The van der Waals surface area contributed by atoms with E-state index in [0.717, 1.165) is 0 Å². The van der Waals surface area contributed by atoms with Crippen molar-refractivity contribution in [3.8, 4) is 0 Å². The second-order valence-electron chi connectivity index (χ2n) is 5.34. The third-order valence-electron chi connectivity index (χ3n) is 4.17. The summed E-state index contributed by atoms with van der Waals surface area (Å²) in [5.74, 6) is -5.03. The Balaban J connectivity index is 3.17. The fourth-order valence-electron chi connectivity index (χ4n) is 3.22. The largest absolute Gasteiger partial charge is 0.481 e. The van der Waals surface area contributed by atoms with Crippen molar-refractivity contribution >= 4 is 23.9 Å². The molecule has 0 aromatic rings. The second-order valence-corrected chi connectivity index (χ2v) is 5.34. The van der Waals surface area contributed by atoms with Gasteiger partial charge in [0.15, 0.2) is 0 Å². The van der Waals surface area contributed by atoms with Gasteiger partial charge in [-0.25, -0.2) is 0 Å². The third kappa shape index (κ3) is 3.06. The van der Waals surface area contributed by atoms with Crippen molar-refractivity contribution in [3.63, 3.8) is 0 Å². The van der Waals surface area contributed by atoms with Crippen LogP contribution in [0.15, 0.2) is 0 Å². The molecular formula is C12H16O8. The summed E-state index contributed by atoms with van der Waals surface area (Å²) in [5.41, 5.74) is -2.64. The van der Waals surface area contributed by atoms with Crippen molar-refractivity contribution in [2.45, 2.75) is 38.5 Å². The molecule has 8 nitrogen and oxygen atoms in total. The minimum Gasteiger partial charge on any atom is -0.481 e. The molecule has 0 radical (unpaired) electrons. The zero-order valence-corrected chi connectivity index (χ0v) is 10.7. The van der Waals surface area contributed by atoms with Gasteiger partial charge in [-0.15, -0.1) is 0 Å². The molecule has 1 aliphatic rings. The van der Waals surface area contributed by atoms with Crippen LogP contribution in [-0.4, -0.2) is 44.3 Å². The normalized spacial score (nSPS) is 18.8. The molecule has 0 aromatic carbocycles. The summed E-state index contributed by atoms with van der Waals surface area (Å²) < 4.78 is 0. The molecule has 8 heteroatoms. The number of carbonyl (C=O) groups is 4. The van der Waals surface area contributed by atoms with E-state index in [0.29, 0.717) is 0 Å². The molecule has 0 aliphatic heterocycles. The standard InChI is InChI=1S/C12H16O8/c13-7(14)3-11(4-8(15)16)1-2-12(11,5-9(17)18)6-10(19)20/h1-6H2,(H,13,14)(H,15,16)(H,17,18)(H,19,20). The molecule has 0 amide bonds. The first-order valence-corrected chi connectivity index (χ1v) is 6.00. The van der Waals surface area contributed by atoms with Crippen molar-refractivity contribution in [1.29, 1.82) is 0 Å². The topological polar surface area (TPSA) is 149 Å². The van der Waals surface area contributed by atoms with E-state index in [1.54, 1.807) is 0 Å². The minimum atomic E-state index is -1.32. The Morgan fingerprint density at radius 2 is 0.800 bits per heavy atom. The van der Waals surface area contributed by atoms with E-state index < -0.39 is 60.4 Å². The summed E-state index contributed by atoms with van der Waals surface area (Å²) >= 11 is 0. The smallest absolute Gasteiger partial charge is 0.303 e. The van der Waals surface area contributed by atoms with Gasteiger partial charge in [-0.05, 0) is 23.7 Å². The number of hydrogen-bond donors (Lipinski definition) is 4. The lowest BCUT2D eigenvalue weighted by atomic mass is 9.44. The number of rotatable bonds is 8. The second kappa shape index (κ2) is 5.48. The molecule has 1 aliphatic carbocycles. The van der Waals surface area contributed by atoms with Gasteiger partial charge < -0.3 is 20.4 Å². The molecule has 0 heterocycles. The van der Waals surface area contributed by atoms with Crippen molar-refractivity contribution < 1.29 is 39.6 Å². The highest BCUT2D eigenvalue weighted by Crippen LogP contribution is 2.64. The third-order valence-corrected chi connectivity index (χ3v) is 4.17. The average Bonchev–Trinajstić information content (AvgIpc) is 2.23. The molecule has 4 N–H and O–H groups in total. The Hall–Kier alpha value is -2.12. The molecule has 0 bridgehead atoms. The maximum atomic E-state index is 11.0. The molecule has 112 valence electrons. The van der Waals surface area contributed by atoms with Gasteiger partial charge in [-0.3, -0.25) is 19.2 Å². The molecule has 0 aromatic heterocycles. The van der Waals surface area contributed by atoms with Gasteiger partial charge in [0.25, 0.3) is 0 Å². The van der Waals surface area contributed by atoms with Crippen LogP contribution < -0.4 is 0 Å². The lowest BCUT2D eigenvalue weighted by Gasteiger charge is -2.57. The highest BCUT2D eigenvalue weighted by Gasteiger charge is 2.61. The van der Waals surface area contributed by atoms with Crippen LogP contribution in [0.4, 0.5) is 0 Å². The van der Waals surface area contributed by atoms with Gasteiger partial charge in [0, 0.05) is 0 Å². The van der Waals surface area contributed by atoms with Crippen LogP contribution in [0, 0.1) is 10.8 Å². The summed E-state index contributed by atoms with van der Waals surface area (Å²) in [4.78, 5) is 43.8. The van der Waals surface area contributed by atoms with Crippen LogP contribution in [0.2, 0.25) is 0 Å². The summed E-state index contributed by atoms with van der Waals surface area (Å²) in [6.45, 7) is 0. The Morgan fingerprint density at radius 1 is 0.600 bits per heavy atom. The maximum absolute atomic E-state index is 11.0. The number of carboxylic acid groups (broad SMARTS) is 4. The van der Waals surface area contributed by atoms with E-state index in [-0.39, 0.29) is 12.8 Å². The Kier molecular flexibility index (Phi) is 4.36. The minimum absolute atomic E-state index is 0.201. The van der Waals surface area contributed by atoms with Gasteiger partial charge in [-0.2, -0.15) is 0 Å². The summed E-state index contributed by atoms with van der Waals surface area (Å²) in [6.07, 6.45) is -1.77. The average molecular weight is 288 g/mol. The lowest BCUT2D eigenvalue weighted by molar-refractivity contribution is -0.179. The molecule has 1 saturated carbocycles. The molecule has 0 unspecified atom stereocenters. The van der Waals surface area contributed by atoms with Crippen LogP contribution >= 0.6 is 0 Å². The van der Waals surface area contributed by atoms with Crippen LogP contribution in [0.5, 0.6) is 0 Å². The van der Waals surface area contributed by atoms with Crippen molar-refractivity contribution in [1.82, 2.24) is 0 Å². The van der Waals surface area contributed by atoms with Gasteiger partial charge in [-0.1, -0.05) is 0 Å². The predicted octanol–water partition coefficient (Wildman–Crippen LogP) is 0.652. The first-order chi connectivity index (χ1) is 9.12. The van der Waals surface area contributed by atoms with E-state index in [4.69, 9.17) is 20.4 Å². The summed E-state index contributed by atoms with van der Waals surface area (Å²) in [5, 5.41) is 35.8. The Bertz CT molecular complexity index is 378. The van der Waals surface area contributed by atoms with Crippen LogP contribution in [-0.2, 0) is 19.2 Å². The summed E-state index contributed by atoms with van der Waals surface area (Å²) in [6, 6.07) is 0. The van der Waals surface area contributed by atoms with Crippen molar-refractivity contribution in [3.05, 3.63) is 0 Å². The number of carboxylic acids is 4. The highest BCUT2D eigenvalue weighted by molar-refractivity contribution is 5.76. The molecule has 0 spiro atoms. The van der Waals surface area contributed by atoms with E-state index in [2.05, 4.69) is 0 Å². The molecule has 0 saturated heterocycles. The van der Waals surface area contributed by atoms with Crippen LogP contribution in [0.3, 0.4) is 0 Å². The first-order valence-electron chi connectivity index (χ1n) is 6.00. The predicted molar refractivity (Wildman–Crippen MR) is 63.1 cm³/mol. The van der Waals surface area contributed by atoms with Gasteiger partial charge in [0.1, 0.15) is 0 Å². The van der Waals surface area contributed by atoms with Crippen molar-refractivity contribution in [2.75, 3.05) is 0 Å². The zero-order chi connectivity index (χ0) is 15.6. The zero-order valence-electron chi connectivity index (χ0n) is 10.7. The first kappa shape index (κ1) is 15.9. The molecular weight excluding hydrogens is 272 g/mol. The summed E-state index contributed by atoms with van der Waals surface area (Å²) in [7, 11) is 0. The molecule has 20 heavy (non-hydrogen) atoms. The fraction of sp³-hybridized carbons (Fsp3) is 0.667. The van der Waals surface area contributed by atoms with Gasteiger partial charge >= 0.3 is 23.9 Å². The molecule has 1 rings (SSSR count). The van der Waals surface area contributed by atoms with Gasteiger partial charge in [0.2, 0.25) is 0 Å². The number of hydrogen-bond acceptors (Lipinski definition) is 4. The Labute approximate surface area is 114 Å². The van der Waals surface area contributed by atoms with E-state index in [1.807, 2.05) is 0 Å². The van der Waals surface area contributed by atoms with E-state index in [9.17, 15) is 19.2 Å². The Morgan fingerprint density at radius 3 is 0.900 bits per heavy atom. The quantitative estimate of drug-likeness (QED) is 0.508. The highest BCUT2D eigenvalue weighted by atomic mass is 16.4. The van der Waals surface area contributed by atoms with E-state index >= 15 is 0 Å². The van der Waals surface area contributed by atoms with Crippen LogP contribution in [0.25, 0.3) is 0 Å². The lowest BCUT2D eigenvalue weighted by Crippen LogP contribution is -2.55. The molecule has 0 atom stereocenters. The fourth-order valence-corrected chi connectivity index (χ4v) is 3.22. The van der Waals surface area contributed by atoms with Gasteiger partial charge in [0.05, 0.1) is 25.7 Å². The number of aliphatic carboxylic acids is 4. The SMILES string of the molecule is O=C(O)CC1(CC(=O)O)CCC1(CC(=O)O)CC(=O)O. The van der Waals surface area contributed by atoms with E-state index in [1.165, 1.54) is 0 Å². The van der Waals surface area contributed by atoms with Crippen molar-refractivity contribution in [2.24, 2.45) is 10.8 Å².